The number of nitrogens with two attached hydrogens (primary N) is 1. The Morgan fingerprint density at radius 1 is 1.39 bits per heavy atom. The Kier molecular flexibility index (Phi) is 2.64. The second-order valence-electron chi connectivity index (χ2n) is 3.74. The number of hydrogen-bond donors (Lipinski definition) is 1. The first kappa shape index (κ1) is 11.4. The summed E-state index contributed by atoms with van der Waals surface area (Å²) in [5, 5.41) is 3.04. The largest absolute Gasteiger partial charge is 0.382 e. The number of anilines is 1. The van der Waals surface area contributed by atoms with E-state index < -0.39 is 0 Å². The molecule has 3 heterocycles. The van der Waals surface area contributed by atoms with Gasteiger partial charge in [-0.15, -0.1) is 11.3 Å². The topological polar surface area (TPSA) is 82.5 Å². The predicted octanol–water partition coefficient (Wildman–Crippen LogP) is 1.65. The summed E-state index contributed by atoms with van der Waals surface area (Å²) in [4.78, 5) is 16.7. The van der Waals surface area contributed by atoms with E-state index in [0.717, 1.165) is 10.8 Å². The summed E-state index contributed by atoms with van der Waals surface area (Å²) in [7, 11) is 1.88. The minimum Gasteiger partial charge on any atom is -0.382 e. The number of thiazole rings is 1. The van der Waals surface area contributed by atoms with E-state index in [0.29, 0.717) is 23.4 Å². The van der Waals surface area contributed by atoms with E-state index in [1.54, 1.807) is 17.5 Å². The van der Waals surface area contributed by atoms with Crippen molar-refractivity contribution < 1.29 is 0 Å². The highest BCUT2D eigenvalue weighted by atomic mass is 35.5. The Hall–Kier alpha value is -1.73. The van der Waals surface area contributed by atoms with Gasteiger partial charge in [0.05, 0.1) is 11.4 Å². The van der Waals surface area contributed by atoms with Crippen LogP contribution in [0, 0.1) is 0 Å². The maximum Gasteiger partial charge on any atom is 0.226 e. The minimum atomic E-state index is 0.110. The Labute approximate surface area is 111 Å². The van der Waals surface area contributed by atoms with Gasteiger partial charge in [0.1, 0.15) is 11.3 Å². The van der Waals surface area contributed by atoms with Gasteiger partial charge in [-0.3, -0.25) is 0 Å². The van der Waals surface area contributed by atoms with Crippen LogP contribution in [0.4, 0.5) is 5.82 Å². The number of hydrogen-bond acceptors (Lipinski definition) is 6. The molecule has 18 heavy (non-hydrogen) atoms. The molecule has 92 valence electrons. The maximum atomic E-state index is 5.84. The van der Waals surface area contributed by atoms with E-state index in [-0.39, 0.29) is 5.28 Å². The summed E-state index contributed by atoms with van der Waals surface area (Å²) < 4.78 is 1.88. The van der Waals surface area contributed by atoms with Crippen LogP contribution in [0.25, 0.3) is 11.2 Å². The van der Waals surface area contributed by atoms with Gasteiger partial charge < -0.3 is 10.3 Å². The molecule has 0 atom stereocenters. The molecule has 0 fully saturated rings. The van der Waals surface area contributed by atoms with Crippen LogP contribution in [0.5, 0.6) is 0 Å². The average Bonchev–Trinajstić information content (AvgIpc) is 2.88. The van der Waals surface area contributed by atoms with Crippen LogP contribution in [-0.2, 0) is 13.5 Å². The van der Waals surface area contributed by atoms with Gasteiger partial charge in [-0.25, -0.2) is 9.97 Å². The molecule has 2 N–H and O–H groups in total. The Morgan fingerprint density at radius 2 is 2.22 bits per heavy atom. The second-order valence-corrected chi connectivity index (χ2v) is 5.06. The molecular formula is C10H9ClN6S. The molecule has 3 aromatic rings. The Bertz CT molecular complexity index is 705. The Balaban J connectivity index is 2.14. The van der Waals surface area contributed by atoms with E-state index >= 15 is 0 Å². The van der Waals surface area contributed by atoms with Crippen molar-refractivity contribution in [1.82, 2.24) is 24.5 Å². The summed E-state index contributed by atoms with van der Waals surface area (Å²) in [5.74, 6) is 1.17. The first-order valence-corrected chi connectivity index (χ1v) is 6.43. The summed E-state index contributed by atoms with van der Waals surface area (Å²) >= 11 is 7.35. The molecule has 8 heteroatoms. The van der Waals surface area contributed by atoms with Crippen LogP contribution in [0.3, 0.4) is 0 Å². The van der Waals surface area contributed by atoms with Crippen LogP contribution in [-0.4, -0.2) is 24.5 Å². The molecule has 0 saturated carbocycles. The van der Waals surface area contributed by atoms with Gasteiger partial charge in [0.25, 0.3) is 0 Å². The van der Waals surface area contributed by atoms with Gasteiger partial charge >= 0.3 is 0 Å². The molecule has 6 nitrogen and oxygen atoms in total. The van der Waals surface area contributed by atoms with Gasteiger partial charge in [-0.2, -0.15) is 9.97 Å². The summed E-state index contributed by atoms with van der Waals surface area (Å²) in [6.07, 6.45) is 2.41. The fraction of sp³-hybridized carbons (Fsp3) is 0.200. The SMILES string of the molecule is Cn1c(Cc2nccs2)nc2nc(Cl)nc(N)c21. The van der Waals surface area contributed by atoms with E-state index in [1.807, 2.05) is 17.0 Å². The van der Waals surface area contributed by atoms with E-state index in [1.165, 1.54) is 0 Å². The average molecular weight is 281 g/mol. The molecule has 3 aromatic heterocycles. The first-order valence-electron chi connectivity index (χ1n) is 5.18. The number of halogens is 1. The molecule has 0 unspecified atom stereocenters. The molecule has 3 rings (SSSR count). The van der Waals surface area contributed by atoms with E-state index in [2.05, 4.69) is 19.9 Å². The molecule has 0 saturated heterocycles. The lowest BCUT2D eigenvalue weighted by molar-refractivity contribution is 0.841. The van der Waals surface area contributed by atoms with Crippen molar-refractivity contribution in [3.63, 3.8) is 0 Å². The smallest absolute Gasteiger partial charge is 0.226 e. The summed E-state index contributed by atoms with van der Waals surface area (Å²) in [6, 6.07) is 0. The number of rotatable bonds is 2. The predicted molar refractivity (Wildman–Crippen MR) is 70.6 cm³/mol. The monoisotopic (exact) mass is 280 g/mol. The van der Waals surface area contributed by atoms with Gasteiger partial charge in [0.15, 0.2) is 11.5 Å². The molecule has 0 amide bonds. The number of imidazole rings is 1. The quantitative estimate of drug-likeness (QED) is 0.722. The molecule has 0 radical (unpaired) electrons. The van der Waals surface area contributed by atoms with Crippen LogP contribution >= 0.6 is 22.9 Å². The van der Waals surface area contributed by atoms with Crippen LogP contribution < -0.4 is 5.73 Å². The zero-order chi connectivity index (χ0) is 12.7. The van der Waals surface area contributed by atoms with Crippen LogP contribution in [0.15, 0.2) is 11.6 Å². The highest BCUT2D eigenvalue weighted by molar-refractivity contribution is 7.09. The third kappa shape index (κ3) is 1.81. The van der Waals surface area contributed by atoms with E-state index in [9.17, 15) is 0 Å². The minimum absolute atomic E-state index is 0.110. The maximum absolute atomic E-state index is 5.84. The van der Waals surface area contributed by atoms with Crippen molar-refractivity contribution in [2.45, 2.75) is 6.42 Å². The Morgan fingerprint density at radius 3 is 2.94 bits per heavy atom. The molecule has 0 aliphatic rings. The number of fused-ring (bicyclic) bond motifs is 1. The fourth-order valence-electron chi connectivity index (χ4n) is 1.79. The van der Waals surface area contributed by atoms with Gasteiger partial charge in [-0.05, 0) is 11.6 Å². The van der Waals surface area contributed by atoms with E-state index in [4.69, 9.17) is 17.3 Å². The van der Waals surface area contributed by atoms with Crippen LogP contribution in [0.1, 0.15) is 10.8 Å². The molecule has 0 aromatic carbocycles. The molecular weight excluding hydrogens is 272 g/mol. The van der Waals surface area contributed by atoms with Crippen molar-refractivity contribution in [2.24, 2.45) is 7.05 Å². The number of nitrogen functional groups attached to an aromatic ring is 1. The fourth-order valence-corrected chi connectivity index (χ4v) is 2.58. The third-order valence-electron chi connectivity index (χ3n) is 2.62. The first-order chi connectivity index (χ1) is 8.65. The molecule has 0 spiro atoms. The third-order valence-corrected chi connectivity index (χ3v) is 3.56. The van der Waals surface area contributed by atoms with Gasteiger partial charge in [0, 0.05) is 18.6 Å². The van der Waals surface area contributed by atoms with Gasteiger partial charge in [0.2, 0.25) is 5.28 Å². The highest BCUT2D eigenvalue weighted by Crippen LogP contribution is 2.21. The van der Waals surface area contributed by atoms with Crippen molar-refractivity contribution in [3.05, 3.63) is 27.7 Å². The lowest BCUT2D eigenvalue weighted by Crippen LogP contribution is -2.01. The van der Waals surface area contributed by atoms with Crippen molar-refractivity contribution in [3.8, 4) is 0 Å². The second kappa shape index (κ2) is 4.18. The van der Waals surface area contributed by atoms with Crippen molar-refractivity contribution >= 4 is 39.9 Å². The number of aromatic nitrogens is 5. The normalized spacial score (nSPS) is 11.2. The number of aryl methyl sites for hydroxylation is 1. The molecule has 0 aliphatic carbocycles. The van der Waals surface area contributed by atoms with Gasteiger partial charge in [-0.1, -0.05) is 0 Å². The van der Waals surface area contributed by atoms with Crippen LogP contribution in [0.2, 0.25) is 5.28 Å². The highest BCUT2D eigenvalue weighted by Gasteiger charge is 2.14. The van der Waals surface area contributed by atoms with Crippen molar-refractivity contribution in [2.75, 3.05) is 5.73 Å². The van der Waals surface area contributed by atoms with Crippen molar-refractivity contribution in [1.29, 1.82) is 0 Å². The lowest BCUT2D eigenvalue weighted by atomic mass is 10.4. The lowest BCUT2D eigenvalue weighted by Gasteiger charge is -2.01. The number of nitrogens with zero attached hydrogens (tertiary/aromatic N) is 5. The zero-order valence-corrected chi connectivity index (χ0v) is 11.0. The molecule has 0 aliphatic heterocycles. The summed E-state index contributed by atoms with van der Waals surface area (Å²) in [5.41, 5.74) is 7.05. The zero-order valence-electron chi connectivity index (χ0n) is 9.46. The molecule has 0 bridgehead atoms. The standard InChI is InChI=1S/C10H9ClN6S/c1-17-5(4-6-13-2-3-18-6)14-9-7(17)8(12)15-10(11)16-9/h2-3H,4H2,1H3,(H2,12,15,16). The summed E-state index contributed by atoms with van der Waals surface area (Å²) in [6.45, 7) is 0.